The molecule has 1 amide bonds. The minimum absolute atomic E-state index is 0.0474. The molecule has 2 rings (SSSR count). The zero-order valence-electron chi connectivity index (χ0n) is 11.7. The molecule has 1 aliphatic rings. The predicted octanol–water partition coefficient (Wildman–Crippen LogP) is 2.52. The van der Waals surface area contributed by atoms with Crippen LogP contribution < -0.4 is 5.32 Å². The van der Waals surface area contributed by atoms with Gasteiger partial charge in [-0.2, -0.15) is 0 Å². The summed E-state index contributed by atoms with van der Waals surface area (Å²) in [5, 5.41) is 13.5. The molecule has 0 saturated carbocycles. The molecular formula is C15H21ClN2O2. The monoisotopic (exact) mass is 296 g/mol. The Morgan fingerprint density at radius 3 is 3.00 bits per heavy atom. The van der Waals surface area contributed by atoms with Crippen LogP contribution in [0.5, 0.6) is 0 Å². The molecule has 1 aliphatic heterocycles. The average molecular weight is 297 g/mol. The van der Waals surface area contributed by atoms with E-state index < -0.39 is 5.60 Å². The number of carbonyl (C=O) groups excluding carboxylic acids is 1. The number of carbonyl (C=O) groups is 1. The van der Waals surface area contributed by atoms with E-state index in [4.69, 9.17) is 11.6 Å². The molecule has 1 atom stereocenters. The fraction of sp³-hybridized carbons (Fsp3) is 0.533. The van der Waals surface area contributed by atoms with Crippen LogP contribution >= 0.6 is 11.6 Å². The molecule has 1 saturated heterocycles. The Morgan fingerprint density at radius 2 is 2.25 bits per heavy atom. The molecule has 0 aromatic heterocycles. The molecule has 1 aromatic rings. The Balaban J connectivity index is 1.85. The second-order valence-corrected chi connectivity index (χ2v) is 6.12. The minimum atomic E-state index is -0.599. The van der Waals surface area contributed by atoms with Crippen molar-refractivity contribution in [3.05, 3.63) is 29.3 Å². The van der Waals surface area contributed by atoms with Gasteiger partial charge >= 0.3 is 0 Å². The number of hydrogen-bond acceptors (Lipinski definition) is 3. The van der Waals surface area contributed by atoms with Gasteiger partial charge in [0.05, 0.1) is 12.1 Å². The highest BCUT2D eigenvalue weighted by atomic mass is 35.5. The van der Waals surface area contributed by atoms with Gasteiger partial charge in [0.15, 0.2) is 0 Å². The first-order chi connectivity index (χ1) is 9.44. The molecule has 2 N–H and O–H groups in total. The van der Waals surface area contributed by atoms with Crippen molar-refractivity contribution in [3.8, 4) is 0 Å². The largest absolute Gasteiger partial charge is 0.390 e. The molecule has 1 unspecified atom stereocenters. The highest BCUT2D eigenvalue weighted by Crippen LogP contribution is 2.21. The summed E-state index contributed by atoms with van der Waals surface area (Å²) < 4.78 is 0. The van der Waals surface area contributed by atoms with E-state index in [1.54, 1.807) is 18.2 Å². The molecule has 4 nitrogen and oxygen atoms in total. The maximum Gasteiger partial charge on any atom is 0.238 e. The van der Waals surface area contributed by atoms with E-state index in [1.165, 1.54) is 0 Å². The molecule has 1 aromatic carbocycles. The number of benzene rings is 1. The molecule has 0 radical (unpaired) electrons. The van der Waals surface area contributed by atoms with Gasteiger partial charge in [-0.25, -0.2) is 0 Å². The fourth-order valence-corrected chi connectivity index (χ4v) is 2.64. The summed E-state index contributed by atoms with van der Waals surface area (Å²) in [7, 11) is 0. The van der Waals surface area contributed by atoms with E-state index in [0.29, 0.717) is 23.7 Å². The van der Waals surface area contributed by atoms with Crippen molar-refractivity contribution in [3.63, 3.8) is 0 Å². The predicted molar refractivity (Wildman–Crippen MR) is 81.0 cm³/mol. The van der Waals surface area contributed by atoms with Gasteiger partial charge in [0.2, 0.25) is 5.91 Å². The van der Waals surface area contributed by atoms with Crippen molar-refractivity contribution < 1.29 is 9.90 Å². The van der Waals surface area contributed by atoms with Crippen molar-refractivity contribution in [1.29, 1.82) is 0 Å². The number of likely N-dealkylation sites (tertiary alicyclic amines) is 1. The Kier molecular flexibility index (Phi) is 5.02. The van der Waals surface area contributed by atoms with Crippen LogP contribution in [-0.4, -0.2) is 41.1 Å². The Labute approximate surface area is 124 Å². The van der Waals surface area contributed by atoms with Crippen LogP contribution in [0.15, 0.2) is 24.3 Å². The zero-order valence-corrected chi connectivity index (χ0v) is 12.5. The zero-order chi connectivity index (χ0) is 14.6. The number of amides is 1. The molecule has 110 valence electrons. The standard InChI is InChI=1S/C15H21ClN2O2/c1-15(20)6-3-8-18(9-7-15)11-14(19)17-13-5-2-4-12(16)10-13/h2,4-5,10,20H,3,6-9,11H2,1H3,(H,17,19). The summed E-state index contributed by atoms with van der Waals surface area (Å²) in [5.74, 6) is -0.0474. The van der Waals surface area contributed by atoms with Gasteiger partial charge < -0.3 is 10.4 Å². The molecule has 5 heteroatoms. The van der Waals surface area contributed by atoms with E-state index in [-0.39, 0.29) is 5.91 Å². The lowest BCUT2D eigenvalue weighted by molar-refractivity contribution is -0.117. The third-order valence-corrected chi connectivity index (χ3v) is 3.87. The summed E-state index contributed by atoms with van der Waals surface area (Å²) in [6, 6.07) is 7.12. The molecule has 20 heavy (non-hydrogen) atoms. The summed E-state index contributed by atoms with van der Waals surface area (Å²) in [6.07, 6.45) is 2.41. The first kappa shape index (κ1) is 15.3. The normalized spacial score (nSPS) is 24.1. The van der Waals surface area contributed by atoms with Crippen molar-refractivity contribution in [1.82, 2.24) is 4.90 Å². The van der Waals surface area contributed by atoms with E-state index in [2.05, 4.69) is 10.2 Å². The van der Waals surface area contributed by atoms with Gasteiger partial charge in [-0.3, -0.25) is 9.69 Å². The maximum absolute atomic E-state index is 12.0. The van der Waals surface area contributed by atoms with Crippen LogP contribution in [0.3, 0.4) is 0 Å². The lowest BCUT2D eigenvalue weighted by Crippen LogP contribution is -2.35. The van der Waals surface area contributed by atoms with Gasteiger partial charge in [0, 0.05) is 17.3 Å². The van der Waals surface area contributed by atoms with Crippen molar-refractivity contribution >= 4 is 23.2 Å². The molecule has 1 heterocycles. The topological polar surface area (TPSA) is 52.6 Å². The van der Waals surface area contributed by atoms with Crippen molar-refractivity contribution in [2.75, 3.05) is 25.0 Å². The minimum Gasteiger partial charge on any atom is -0.390 e. The number of aliphatic hydroxyl groups is 1. The second kappa shape index (κ2) is 6.57. The SMILES string of the molecule is CC1(O)CCCN(CC(=O)Nc2cccc(Cl)c2)CC1. The number of nitrogens with zero attached hydrogens (tertiary/aromatic N) is 1. The molecule has 0 aliphatic carbocycles. The lowest BCUT2D eigenvalue weighted by Gasteiger charge is -2.22. The summed E-state index contributed by atoms with van der Waals surface area (Å²) in [4.78, 5) is 14.1. The highest BCUT2D eigenvalue weighted by Gasteiger charge is 2.25. The molecular weight excluding hydrogens is 276 g/mol. The Bertz CT molecular complexity index is 477. The van der Waals surface area contributed by atoms with Gasteiger partial charge in [-0.05, 0) is 50.9 Å². The van der Waals surface area contributed by atoms with Crippen LogP contribution in [0.4, 0.5) is 5.69 Å². The Hall–Kier alpha value is -1.10. The van der Waals surface area contributed by atoms with Crippen LogP contribution in [0, 0.1) is 0 Å². The highest BCUT2D eigenvalue weighted by molar-refractivity contribution is 6.30. The fourth-order valence-electron chi connectivity index (χ4n) is 2.45. The average Bonchev–Trinajstić information content (AvgIpc) is 2.51. The van der Waals surface area contributed by atoms with Gasteiger partial charge in [0.1, 0.15) is 0 Å². The summed E-state index contributed by atoms with van der Waals surface area (Å²) in [6.45, 7) is 3.81. The van der Waals surface area contributed by atoms with Crippen molar-refractivity contribution in [2.24, 2.45) is 0 Å². The summed E-state index contributed by atoms with van der Waals surface area (Å²) >= 11 is 5.88. The maximum atomic E-state index is 12.0. The number of hydrogen-bond donors (Lipinski definition) is 2. The number of nitrogens with one attached hydrogen (secondary N) is 1. The van der Waals surface area contributed by atoms with E-state index >= 15 is 0 Å². The van der Waals surface area contributed by atoms with Gasteiger partial charge in [0.25, 0.3) is 0 Å². The first-order valence-corrected chi connectivity index (χ1v) is 7.33. The number of anilines is 1. The Morgan fingerprint density at radius 1 is 1.45 bits per heavy atom. The first-order valence-electron chi connectivity index (χ1n) is 6.95. The smallest absolute Gasteiger partial charge is 0.238 e. The van der Waals surface area contributed by atoms with E-state index in [9.17, 15) is 9.90 Å². The number of rotatable bonds is 3. The quantitative estimate of drug-likeness (QED) is 0.901. The van der Waals surface area contributed by atoms with E-state index in [1.807, 2.05) is 13.0 Å². The molecule has 1 fully saturated rings. The van der Waals surface area contributed by atoms with Crippen LogP contribution in [-0.2, 0) is 4.79 Å². The van der Waals surface area contributed by atoms with Crippen LogP contribution in [0.25, 0.3) is 0 Å². The van der Waals surface area contributed by atoms with Gasteiger partial charge in [-0.1, -0.05) is 17.7 Å². The molecule has 0 bridgehead atoms. The number of halogens is 1. The van der Waals surface area contributed by atoms with Crippen LogP contribution in [0.2, 0.25) is 5.02 Å². The van der Waals surface area contributed by atoms with Crippen molar-refractivity contribution in [2.45, 2.75) is 31.8 Å². The second-order valence-electron chi connectivity index (χ2n) is 5.69. The van der Waals surface area contributed by atoms with E-state index in [0.717, 1.165) is 25.9 Å². The third kappa shape index (κ3) is 4.78. The third-order valence-electron chi connectivity index (χ3n) is 3.63. The van der Waals surface area contributed by atoms with Crippen LogP contribution in [0.1, 0.15) is 26.2 Å². The lowest BCUT2D eigenvalue weighted by atomic mass is 9.98. The van der Waals surface area contributed by atoms with Gasteiger partial charge in [-0.15, -0.1) is 0 Å². The molecule has 0 spiro atoms. The summed E-state index contributed by atoms with van der Waals surface area (Å²) in [5.41, 5.74) is 0.113.